The van der Waals surface area contributed by atoms with Crippen LogP contribution in [0, 0.1) is 0 Å². The van der Waals surface area contributed by atoms with Gasteiger partial charge in [0, 0.05) is 34.0 Å². The van der Waals surface area contributed by atoms with Gasteiger partial charge in [-0.3, -0.25) is 0 Å². The molecule has 3 rings (SSSR count). The summed E-state index contributed by atoms with van der Waals surface area (Å²) in [5, 5.41) is 17.7. The van der Waals surface area contributed by atoms with Crippen molar-refractivity contribution >= 4 is 44.6 Å². The summed E-state index contributed by atoms with van der Waals surface area (Å²) in [5.74, 6) is 0.965. The van der Waals surface area contributed by atoms with Crippen LogP contribution in [-0.4, -0.2) is 50.9 Å². The summed E-state index contributed by atoms with van der Waals surface area (Å²) in [6.07, 6.45) is 2.26. The lowest BCUT2D eigenvalue weighted by molar-refractivity contribution is 0.164. The van der Waals surface area contributed by atoms with E-state index < -0.39 is 15.8 Å². The summed E-state index contributed by atoms with van der Waals surface area (Å²) in [4.78, 5) is 22.0. The molecule has 0 aliphatic rings. The zero-order valence-corrected chi connectivity index (χ0v) is 19.6. The van der Waals surface area contributed by atoms with Gasteiger partial charge in [-0.15, -0.1) is 15.7 Å². The van der Waals surface area contributed by atoms with Crippen molar-refractivity contribution in [3.63, 3.8) is 0 Å². The summed E-state index contributed by atoms with van der Waals surface area (Å²) in [7, 11) is -2.92. The molecule has 9 nitrogen and oxygen atoms in total. The number of hydrogen-bond donors (Lipinski definition) is 3. The topological polar surface area (TPSA) is 126 Å². The summed E-state index contributed by atoms with van der Waals surface area (Å²) in [6.45, 7) is 3.65. The number of aromatic nitrogens is 2. The highest BCUT2D eigenvalue weighted by Crippen LogP contribution is 2.31. The minimum absolute atomic E-state index is 0.0365. The molecule has 0 saturated carbocycles. The van der Waals surface area contributed by atoms with Gasteiger partial charge in [0.25, 0.3) is 0 Å². The molecule has 2 atom stereocenters. The van der Waals surface area contributed by atoms with E-state index in [2.05, 4.69) is 25.0 Å². The first-order valence-corrected chi connectivity index (χ1v) is 12.7. The Balaban J connectivity index is 1.83. The van der Waals surface area contributed by atoms with Crippen molar-refractivity contribution in [3.8, 4) is 10.4 Å². The van der Waals surface area contributed by atoms with E-state index in [0.717, 1.165) is 10.4 Å². The number of carbonyl (C=O) groups is 1. The summed E-state index contributed by atoms with van der Waals surface area (Å²) in [6, 6.07) is 10.4. The molecule has 0 radical (unpaired) electrons. The summed E-state index contributed by atoms with van der Waals surface area (Å²) in [5.41, 5.74) is 1.51. The van der Waals surface area contributed by atoms with Crippen molar-refractivity contribution in [2.45, 2.75) is 24.8 Å². The Hall–Kier alpha value is -3.02. The number of carbonyl (C=O) groups excluding carboxylic acids is 1. The lowest BCUT2D eigenvalue weighted by atomic mass is 10.2. The van der Waals surface area contributed by atoms with Gasteiger partial charge in [0.2, 0.25) is 5.95 Å². The lowest BCUT2D eigenvalue weighted by Gasteiger charge is -2.16. The number of nitrogens with one attached hydrogen (secondary N) is 2. The Morgan fingerprint density at radius 1 is 1.31 bits per heavy atom. The van der Waals surface area contributed by atoms with E-state index in [-0.39, 0.29) is 19.3 Å². The average Bonchev–Trinajstić information content (AvgIpc) is 3.28. The van der Waals surface area contributed by atoms with E-state index in [4.69, 9.17) is 4.74 Å². The van der Waals surface area contributed by atoms with Crippen LogP contribution in [0.1, 0.15) is 13.8 Å². The van der Waals surface area contributed by atoms with E-state index >= 15 is 0 Å². The number of amides is 1. The number of ether oxygens (including phenoxy) is 1. The fourth-order valence-corrected chi connectivity index (χ4v) is 4.53. The zero-order chi connectivity index (χ0) is 23.1. The predicted molar refractivity (Wildman–Crippen MR) is 127 cm³/mol. The van der Waals surface area contributed by atoms with E-state index in [1.807, 2.05) is 24.4 Å². The quantitative estimate of drug-likeness (QED) is 0.439. The largest absolute Gasteiger partial charge is 0.448 e. The molecule has 2 heterocycles. The molecule has 0 saturated heterocycles. The van der Waals surface area contributed by atoms with E-state index in [1.165, 1.54) is 6.26 Å². The molecule has 0 aliphatic heterocycles. The van der Waals surface area contributed by atoms with Gasteiger partial charge in [0.05, 0.1) is 28.5 Å². The lowest BCUT2D eigenvalue weighted by Crippen LogP contribution is -2.21. The molecule has 0 aliphatic carbocycles. The van der Waals surface area contributed by atoms with Gasteiger partial charge >= 0.3 is 6.09 Å². The number of benzene rings is 1. The number of rotatable bonds is 8. The molecule has 1 amide bonds. The van der Waals surface area contributed by atoms with Crippen LogP contribution in [-0.2, 0) is 14.5 Å². The van der Waals surface area contributed by atoms with Crippen LogP contribution in [0.2, 0.25) is 0 Å². The Morgan fingerprint density at radius 2 is 2.06 bits per heavy atom. The smallest absolute Gasteiger partial charge is 0.442 e. The third-order valence-corrected chi connectivity index (χ3v) is 6.84. The highest BCUT2D eigenvalue weighted by atomic mass is 32.2. The fraction of sp³-hybridized carbons (Fsp3) is 0.286. The highest BCUT2D eigenvalue weighted by molar-refractivity contribution is 7.93. The SMILES string of the molecule is CCOC(=O)N=S(C)(=O)c1ccc(Nc2ncc(-c3cccs3)c(N[C@H](C)CO)n2)cc1. The van der Waals surface area contributed by atoms with Gasteiger partial charge in [-0.25, -0.2) is 14.0 Å². The number of aliphatic hydroxyl groups is 1. The van der Waals surface area contributed by atoms with Gasteiger partial charge in [-0.1, -0.05) is 6.07 Å². The first-order chi connectivity index (χ1) is 15.3. The summed E-state index contributed by atoms with van der Waals surface area (Å²) < 4.78 is 21.1. The van der Waals surface area contributed by atoms with Crippen molar-refractivity contribution < 1.29 is 18.8 Å². The van der Waals surface area contributed by atoms with Crippen LogP contribution in [0.5, 0.6) is 0 Å². The fourth-order valence-electron chi connectivity index (χ4n) is 2.71. The number of hydrogen-bond acceptors (Lipinski definition) is 9. The van der Waals surface area contributed by atoms with E-state index in [1.54, 1.807) is 48.7 Å². The van der Waals surface area contributed by atoms with Crippen LogP contribution < -0.4 is 10.6 Å². The second kappa shape index (κ2) is 10.5. The van der Waals surface area contributed by atoms with Crippen molar-refractivity contribution in [2.24, 2.45) is 4.36 Å². The van der Waals surface area contributed by atoms with Crippen LogP contribution in [0.3, 0.4) is 0 Å². The van der Waals surface area contributed by atoms with Gasteiger partial charge in [0.1, 0.15) is 5.82 Å². The molecule has 1 aromatic carbocycles. The molecule has 0 fully saturated rings. The molecule has 0 spiro atoms. The molecular formula is C21H25N5O4S2. The minimum atomic E-state index is -2.92. The average molecular weight is 476 g/mol. The molecule has 32 heavy (non-hydrogen) atoms. The van der Waals surface area contributed by atoms with E-state index in [9.17, 15) is 14.1 Å². The van der Waals surface area contributed by atoms with Crippen LogP contribution in [0.15, 0.2) is 57.2 Å². The van der Waals surface area contributed by atoms with Crippen LogP contribution in [0.25, 0.3) is 10.4 Å². The first kappa shape index (κ1) is 23.6. The minimum Gasteiger partial charge on any atom is -0.448 e. The van der Waals surface area contributed by atoms with Crippen molar-refractivity contribution in [2.75, 3.05) is 30.1 Å². The van der Waals surface area contributed by atoms with Gasteiger partial charge in [-0.05, 0) is 49.6 Å². The van der Waals surface area contributed by atoms with Crippen molar-refractivity contribution in [1.29, 1.82) is 0 Å². The Labute approximate surface area is 191 Å². The third kappa shape index (κ3) is 6.02. The van der Waals surface area contributed by atoms with Crippen molar-refractivity contribution in [3.05, 3.63) is 48.0 Å². The van der Waals surface area contributed by atoms with Crippen LogP contribution in [0.4, 0.5) is 22.2 Å². The zero-order valence-electron chi connectivity index (χ0n) is 17.9. The van der Waals surface area contributed by atoms with Crippen LogP contribution >= 0.6 is 11.3 Å². The molecule has 170 valence electrons. The molecule has 0 bridgehead atoms. The van der Waals surface area contributed by atoms with Crippen molar-refractivity contribution in [1.82, 2.24) is 9.97 Å². The van der Waals surface area contributed by atoms with Gasteiger partial charge in [-0.2, -0.15) is 4.98 Å². The third-order valence-electron chi connectivity index (χ3n) is 4.30. The van der Waals surface area contributed by atoms with E-state index in [0.29, 0.717) is 22.3 Å². The molecular weight excluding hydrogens is 450 g/mol. The Kier molecular flexibility index (Phi) is 7.78. The standard InChI is InChI=1S/C21H25N5O4S2/c1-4-30-21(28)26-32(3,29)16-9-7-15(8-10-16)24-20-22-12-17(18-6-5-11-31-18)19(25-20)23-14(2)13-27/h5-12,14,27H,4,13H2,1-3H3,(H2,22,23,24,25)/t14-,32?/m1/s1. The molecule has 2 aromatic heterocycles. The molecule has 3 aromatic rings. The number of nitrogens with zero attached hydrogens (tertiary/aromatic N) is 3. The highest BCUT2D eigenvalue weighted by Gasteiger charge is 2.14. The second-order valence-electron chi connectivity index (χ2n) is 6.90. The maximum absolute atomic E-state index is 12.7. The van der Waals surface area contributed by atoms with Gasteiger partial charge < -0.3 is 20.5 Å². The first-order valence-electron chi connectivity index (χ1n) is 9.86. The predicted octanol–water partition coefficient (Wildman–Crippen LogP) is 4.35. The molecule has 11 heteroatoms. The number of anilines is 3. The molecule has 1 unspecified atom stereocenters. The maximum Gasteiger partial charge on any atom is 0.442 e. The Bertz CT molecular complexity index is 1170. The summed E-state index contributed by atoms with van der Waals surface area (Å²) >= 11 is 1.57. The second-order valence-corrected chi connectivity index (χ2v) is 10.1. The number of aliphatic hydroxyl groups excluding tert-OH is 1. The molecule has 3 N–H and O–H groups in total. The monoisotopic (exact) mass is 475 g/mol. The number of thiophene rings is 1. The Morgan fingerprint density at radius 3 is 2.69 bits per heavy atom. The maximum atomic E-state index is 12.7. The normalized spacial score (nSPS) is 13.6. The van der Waals surface area contributed by atoms with Gasteiger partial charge in [0.15, 0.2) is 0 Å².